The van der Waals surface area contributed by atoms with E-state index in [0.29, 0.717) is 35.1 Å². The fourth-order valence-corrected chi connectivity index (χ4v) is 2.07. The summed E-state index contributed by atoms with van der Waals surface area (Å²) in [6.45, 7) is 4.21. The number of benzene rings is 2. The lowest BCUT2D eigenvalue weighted by Crippen LogP contribution is -2.19. The normalized spacial score (nSPS) is 11.0. The van der Waals surface area contributed by atoms with Crippen LogP contribution in [0.4, 0.5) is 5.69 Å². The summed E-state index contributed by atoms with van der Waals surface area (Å²) in [6.07, 6.45) is 0. The van der Waals surface area contributed by atoms with E-state index >= 15 is 0 Å². The number of methoxy groups -OCH3 is 1. The Kier molecular flexibility index (Phi) is 5.78. The summed E-state index contributed by atoms with van der Waals surface area (Å²) >= 11 is 0. The zero-order chi connectivity index (χ0) is 17.5. The topological polar surface area (TPSA) is 85.9 Å². The van der Waals surface area contributed by atoms with E-state index < -0.39 is 0 Å². The van der Waals surface area contributed by atoms with Gasteiger partial charge in [-0.1, -0.05) is 12.1 Å². The van der Waals surface area contributed by atoms with Gasteiger partial charge >= 0.3 is 0 Å². The van der Waals surface area contributed by atoms with Gasteiger partial charge in [-0.3, -0.25) is 4.79 Å². The van der Waals surface area contributed by atoms with Crippen molar-refractivity contribution in [2.75, 3.05) is 19.5 Å². The Morgan fingerprint density at radius 3 is 2.42 bits per heavy atom. The summed E-state index contributed by atoms with van der Waals surface area (Å²) in [5.74, 6) is 0.771. The van der Waals surface area contributed by atoms with Crippen LogP contribution in [0.2, 0.25) is 0 Å². The Balaban J connectivity index is 2.11. The molecule has 0 spiro atoms. The second-order valence-electron chi connectivity index (χ2n) is 5.06. The summed E-state index contributed by atoms with van der Waals surface area (Å²) in [5.41, 5.74) is 10.9. The van der Waals surface area contributed by atoms with E-state index in [1.807, 2.05) is 26.0 Å². The highest BCUT2D eigenvalue weighted by molar-refractivity contribution is 6.01. The average molecular weight is 327 g/mol. The fourth-order valence-electron chi connectivity index (χ4n) is 2.07. The standard InChI is InChI=1S/C18H21N3O3/c1-4-24-16-10-7-14(11-17(16)23-3)18(22)21-20-12(2)13-5-8-15(19)9-6-13/h5-11H,4,19H2,1-3H3,(H,21,22)/b20-12-. The molecule has 0 saturated carbocycles. The second-order valence-corrected chi connectivity index (χ2v) is 5.06. The number of hydrogen-bond acceptors (Lipinski definition) is 5. The number of carbonyl (C=O) groups excluding carboxylic acids is 1. The van der Waals surface area contributed by atoms with Gasteiger partial charge in [-0.25, -0.2) is 5.43 Å². The monoisotopic (exact) mass is 327 g/mol. The predicted molar refractivity (Wildman–Crippen MR) is 94.7 cm³/mol. The lowest BCUT2D eigenvalue weighted by Gasteiger charge is -2.10. The van der Waals surface area contributed by atoms with E-state index in [0.717, 1.165) is 5.56 Å². The van der Waals surface area contributed by atoms with Crippen molar-refractivity contribution >= 4 is 17.3 Å². The van der Waals surface area contributed by atoms with Gasteiger partial charge in [0, 0.05) is 11.3 Å². The maximum absolute atomic E-state index is 12.2. The number of rotatable bonds is 6. The molecule has 6 nitrogen and oxygen atoms in total. The van der Waals surface area contributed by atoms with Gasteiger partial charge in [0.2, 0.25) is 0 Å². The maximum Gasteiger partial charge on any atom is 0.271 e. The Labute approximate surface area is 141 Å². The van der Waals surface area contributed by atoms with E-state index in [1.54, 1.807) is 30.3 Å². The Morgan fingerprint density at radius 2 is 1.79 bits per heavy atom. The number of nitrogen functional groups attached to an aromatic ring is 1. The van der Waals surface area contributed by atoms with Crippen LogP contribution in [0.1, 0.15) is 29.8 Å². The summed E-state index contributed by atoms with van der Waals surface area (Å²) in [5, 5.41) is 4.12. The molecule has 0 radical (unpaired) electrons. The van der Waals surface area contributed by atoms with Crippen molar-refractivity contribution in [1.82, 2.24) is 5.43 Å². The SMILES string of the molecule is CCOc1ccc(C(=O)N/N=C(/C)c2ccc(N)cc2)cc1OC. The van der Waals surface area contributed by atoms with Gasteiger partial charge in [0.25, 0.3) is 5.91 Å². The number of anilines is 1. The first-order chi connectivity index (χ1) is 11.5. The number of hydrogen-bond donors (Lipinski definition) is 2. The molecule has 0 aliphatic heterocycles. The minimum absolute atomic E-state index is 0.328. The van der Waals surface area contributed by atoms with Gasteiger partial charge in [-0.2, -0.15) is 5.10 Å². The number of amides is 1. The largest absolute Gasteiger partial charge is 0.493 e. The van der Waals surface area contributed by atoms with Crippen LogP contribution in [0, 0.1) is 0 Å². The molecule has 3 N–H and O–H groups in total. The van der Waals surface area contributed by atoms with E-state index in [9.17, 15) is 4.79 Å². The lowest BCUT2D eigenvalue weighted by atomic mass is 10.1. The molecular weight excluding hydrogens is 306 g/mol. The smallest absolute Gasteiger partial charge is 0.271 e. The first-order valence-electron chi connectivity index (χ1n) is 7.56. The van der Waals surface area contributed by atoms with E-state index in [4.69, 9.17) is 15.2 Å². The van der Waals surface area contributed by atoms with Crippen LogP contribution in [-0.2, 0) is 0 Å². The molecule has 1 amide bonds. The van der Waals surface area contributed by atoms with Gasteiger partial charge in [-0.05, 0) is 49.7 Å². The molecule has 0 aliphatic carbocycles. The lowest BCUT2D eigenvalue weighted by molar-refractivity contribution is 0.0954. The molecule has 0 aliphatic rings. The van der Waals surface area contributed by atoms with E-state index in [2.05, 4.69) is 10.5 Å². The number of carbonyl (C=O) groups is 1. The third-order valence-corrected chi connectivity index (χ3v) is 3.38. The molecule has 2 rings (SSSR count). The molecule has 0 saturated heterocycles. The van der Waals surface area contributed by atoms with Crippen LogP contribution < -0.4 is 20.6 Å². The van der Waals surface area contributed by atoms with Crippen LogP contribution >= 0.6 is 0 Å². The van der Waals surface area contributed by atoms with E-state index in [1.165, 1.54) is 7.11 Å². The minimum Gasteiger partial charge on any atom is -0.493 e. The van der Waals surface area contributed by atoms with Crippen LogP contribution in [-0.4, -0.2) is 25.3 Å². The Hall–Kier alpha value is -3.02. The van der Waals surface area contributed by atoms with Gasteiger partial charge in [0.1, 0.15) is 0 Å². The second kappa shape index (κ2) is 8.01. The van der Waals surface area contributed by atoms with Crippen molar-refractivity contribution in [3.05, 3.63) is 53.6 Å². The first kappa shape index (κ1) is 17.3. The average Bonchev–Trinajstić information content (AvgIpc) is 2.60. The molecule has 24 heavy (non-hydrogen) atoms. The van der Waals surface area contributed by atoms with Crippen molar-refractivity contribution in [3.63, 3.8) is 0 Å². The summed E-state index contributed by atoms with van der Waals surface area (Å²) in [6, 6.07) is 12.3. The number of hydrazone groups is 1. The van der Waals surface area contributed by atoms with Crippen molar-refractivity contribution < 1.29 is 14.3 Å². The molecule has 0 atom stereocenters. The number of nitrogens with zero attached hydrogens (tertiary/aromatic N) is 1. The third-order valence-electron chi connectivity index (χ3n) is 3.38. The predicted octanol–water partition coefficient (Wildman–Crippen LogP) is 2.83. The number of ether oxygens (including phenoxy) is 2. The highest BCUT2D eigenvalue weighted by atomic mass is 16.5. The molecule has 2 aromatic rings. The number of nitrogens with one attached hydrogen (secondary N) is 1. The van der Waals surface area contributed by atoms with Crippen molar-refractivity contribution in [3.8, 4) is 11.5 Å². The molecule has 2 aromatic carbocycles. The van der Waals surface area contributed by atoms with Crippen LogP contribution in [0.5, 0.6) is 11.5 Å². The van der Waals surface area contributed by atoms with Crippen LogP contribution in [0.3, 0.4) is 0 Å². The highest BCUT2D eigenvalue weighted by Gasteiger charge is 2.10. The van der Waals surface area contributed by atoms with Crippen molar-refractivity contribution in [2.24, 2.45) is 5.10 Å². The van der Waals surface area contributed by atoms with Crippen molar-refractivity contribution in [2.45, 2.75) is 13.8 Å². The first-order valence-corrected chi connectivity index (χ1v) is 7.56. The molecule has 0 unspecified atom stereocenters. The number of nitrogens with two attached hydrogens (primary N) is 1. The molecule has 126 valence electrons. The van der Waals surface area contributed by atoms with E-state index in [-0.39, 0.29) is 5.91 Å². The third kappa shape index (κ3) is 4.25. The highest BCUT2D eigenvalue weighted by Crippen LogP contribution is 2.27. The molecule has 0 heterocycles. The molecule has 6 heteroatoms. The van der Waals surface area contributed by atoms with Crippen molar-refractivity contribution in [1.29, 1.82) is 0 Å². The summed E-state index contributed by atoms with van der Waals surface area (Å²) < 4.78 is 10.7. The molecule has 0 bridgehead atoms. The van der Waals surface area contributed by atoms with Gasteiger partial charge < -0.3 is 15.2 Å². The molecular formula is C18H21N3O3. The van der Waals surface area contributed by atoms with Gasteiger partial charge in [0.15, 0.2) is 11.5 Å². The van der Waals surface area contributed by atoms with Crippen LogP contribution in [0.25, 0.3) is 0 Å². The molecule has 0 fully saturated rings. The zero-order valence-electron chi connectivity index (χ0n) is 14.0. The fraction of sp³-hybridized carbons (Fsp3) is 0.222. The maximum atomic E-state index is 12.2. The van der Waals surface area contributed by atoms with Gasteiger partial charge in [-0.15, -0.1) is 0 Å². The summed E-state index contributed by atoms with van der Waals surface area (Å²) in [4.78, 5) is 12.2. The Morgan fingerprint density at radius 1 is 1.12 bits per heavy atom. The zero-order valence-corrected chi connectivity index (χ0v) is 14.0. The van der Waals surface area contributed by atoms with Gasteiger partial charge in [0.05, 0.1) is 19.4 Å². The Bertz CT molecular complexity index is 740. The summed E-state index contributed by atoms with van der Waals surface area (Å²) in [7, 11) is 1.53. The quantitative estimate of drug-likeness (QED) is 0.485. The van der Waals surface area contributed by atoms with Crippen LogP contribution in [0.15, 0.2) is 47.6 Å². The molecule has 0 aromatic heterocycles. The minimum atomic E-state index is -0.328.